The summed E-state index contributed by atoms with van der Waals surface area (Å²) in [5, 5.41) is 7.06. The van der Waals surface area contributed by atoms with Crippen molar-refractivity contribution < 1.29 is 0 Å². The van der Waals surface area contributed by atoms with Gasteiger partial charge >= 0.3 is 0 Å². The van der Waals surface area contributed by atoms with Crippen LogP contribution in [0.2, 0.25) is 0 Å². The Balaban J connectivity index is 2.13. The third kappa shape index (κ3) is 2.04. The van der Waals surface area contributed by atoms with Gasteiger partial charge in [-0.25, -0.2) is 4.98 Å². The van der Waals surface area contributed by atoms with Crippen molar-refractivity contribution in [3.8, 4) is 22.6 Å². The fourth-order valence-electron chi connectivity index (χ4n) is 1.75. The molecule has 0 fully saturated rings. The molecule has 3 aromatic heterocycles. The van der Waals surface area contributed by atoms with Crippen LogP contribution in [0.3, 0.4) is 0 Å². The second kappa shape index (κ2) is 4.70. The van der Waals surface area contributed by atoms with Gasteiger partial charge in [0, 0.05) is 11.8 Å². The predicted octanol–water partition coefficient (Wildman–Crippen LogP) is 3.30. The Morgan fingerprint density at radius 2 is 1.89 bits per heavy atom. The Kier molecular flexibility index (Phi) is 2.90. The molecule has 0 atom stereocenters. The highest BCUT2D eigenvalue weighted by Crippen LogP contribution is 2.27. The van der Waals surface area contributed by atoms with Crippen LogP contribution in [-0.2, 0) is 0 Å². The average Bonchev–Trinajstić information content (AvgIpc) is 2.89. The summed E-state index contributed by atoms with van der Waals surface area (Å²) >= 11 is 3.37. The van der Waals surface area contributed by atoms with Gasteiger partial charge in [0.25, 0.3) is 0 Å². The molecule has 3 rings (SSSR count). The molecule has 88 valence electrons. The van der Waals surface area contributed by atoms with E-state index in [1.165, 1.54) is 0 Å². The predicted molar refractivity (Wildman–Crippen MR) is 72.7 cm³/mol. The van der Waals surface area contributed by atoms with Gasteiger partial charge < -0.3 is 0 Å². The number of nitrogens with one attached hydrogen (secondary N) is 1. The van der Waals surface area contributed by atoms with Crippen molar-refractivity contribution in [3.05, 3.63) is 53.4 Å². The number of pyridine rings is 2. The molecule has 0 bridgehead atoms. The molecule has 0 radical (unpaired) electrons. The van der Waals surface area contributed by atoms with E-state index in [0.29, 0.717) is 0 Å². The number of nitrogens with zero attached hydrogens (tertiary/aromatic N) is 3. The Morgan fingerprint density at radius 1 is 1.00 bits per heavy atom. The van der Waals surface area contributed by atoms with Crippen molar-refractivity contribution in [3.63, 3.8) is 0 Å². The second-order valence-corrected chi connectivity index (χ2v) is 4.53. The molecule has 5 heteroatoms. The number of H-pyrrole nitrogens is 1. The number of hydrogen-bond donors (Lipinski definition) is 1. The van der Waals surface area contributed by atoms with Crippen molar-refractivity contribution in [1.82, 2.24) is 20.2 Å². The average molecular weight is 301 g/mol. The molecule has 0 aromatic carbocycles. The first-order valence-electron chi connectivity index (χ1n) is 5.42. The van der Waals surface area contributed by atoms with Crippen molar-refractivity contribution in [2.24, 2.45) is 0 Å². The van der Waals surface area contributed by atoms with E-state index in [4.69, 9.17) is 0 Å². The van der Waals surface area contributed by atoms with Gasteiger partial charge in [0.05, 0.1) is 23.3 Å². The summed E-state index contributed by atoms with van der Waals surface area (Å²) in [6, 6.07) is 11.6. The molecule has 0 spiro atoms. The Hall–Kier alpha value is -2.01. The molecule has 0 aliphatic heterocycles. The van der Waals surface area contributed by atoms with Crippen LogP contribution in [0.25, 0.3) is 22.6 Å². The van der Waals surface area contributed by atoms with Crippen LogP contribution in [0.15, 0.2) is 53.4 Å². The van der Waals surface area contributed by atoms with Crippen LogP contribution < -0.4 is 0 Å². The molecule has 3 aromatic rings. The van der Waals surface area contributed by atoms with Gasteiger partial charge in [-0.3, -0.25) is 10.1 Å². The smallest absolute Gasteiger partial charge is 0.106 e. The largest absolute Gasteiger partial charge is 0.276 e. The fourth-order valence-corrected chi connectivity index (χ4v) is 2.09. The Morgan fingerprint density at radius 3 is 2.67 bits per heavy atom. The van der Waals surface area contributed by atoms with E-state index in [1.54, 1.807) is 12.4 Å². The van der Waals surface area contributed by atoms with Crippen molar-refractivity contribution in [2.45, 2.75) is 0 Å². The lowest BCUT2D eigenvalue weighted by Crippen LogP contribution is -1.88. The van der Waals surface area contributed by atoms with Crippen LogP contribution in [-0.4, -0.2) is 20.2 Å². The van der Waals surface area contributed by atoms with E-state index in [9.17, 15) is 0 Å². The second-order valence-electron chi connectivity index (χ2n) is 3.72. The monoisotopic (exact) mass is 300 g/mol. The number of halogens is 1. The van der Waals surface area contributed by atoms with Crippen LogP contribution in [0.4, 0.5) is 0 Å². The van der Waals surface area contributed by atoms with Crippen molar-refractivity contribution >= 4 is 15.9 Å². The topological polar surface area (TPSA) is 54.5 Å². The molecule has 1 N–H and O–H groups in total. The molecular weight excluding hydrogens is 292 g/mol. The minimum Gasteiger partial charge on any atom is -0.276 e. The zero-order chi connectivity index (χ0) is 12.4. The number of rotatable bonds is 2. The highest BCUT2D eigenvalue weighted by molar-refractivity contribution is 9.10. The zero-order valence-corrected chi connectivity index (χ0v) is 10.9. The van der Waals surface area contributed by atoms with E-state index in [1.807, 2.05) is 36.4 Å². The van der Waals surface area contributed by atoms with E-state index in [-0.39, 0.29) is 0 Å². The molecule has 0 aliphatic rings. The van der Waals surface area contributed by atoms with Gasteiger partial charge in [0.2, 0.25) is 0 Å². The van der Waals surface area contributed by atoms with Crippen LogP contribution in [0.5, 0.6) is 0 Å². The first-order chi connectivity index (χ1) is 8.84. The van der Waals surface area contributed by atoms with Gasteiger partial charge in [-0.15, -0.1) is 0 Å². The summed E-state index contributed by atoms with van der Waals surface area (Å²) in [4.78, 5) is 8.75. The third-order valence-electron chi connectivity index (χ3n) is 2.55. The van der Waals surface area contributed by atoms with E-state index in [2.05, 4.69) is 36.1 Å². The summed E-state index contributed by atoms with van der Waals surface area (Å²) < 4.78 is 0.793. The highest BCUT2D eigenvalue weighted by Gasteiger charge is 2.11. The summed E-state index contributed by atoms with van der Waals surface area (Å²) in [5.74, 6) is 0. The minimum atomic E-state index is 0.793. The lowest BCUT2D eigenvalue weighted by atomic mass is 10.1. The summed E-state index contributed by atoms with van der Waals surface area (Å²) in [7, 11) is 0. The van der Waals surface area contributed by atoms with Gasteiger partial charge in [0.1, 0.15) is 4.60 Å². The Labute approximate surface area is 112 Å². The van der Waals surface area contributed by atoms with Gasteiger partial charge in [-0.05, 0) is 40.2 Å². The molecule has 4 nitrogen and oxygen atoms in total. The van der Waals surface area contributed by atoms with E-state index < -0.39 is 0 Å². The zero-order valence-electron chi connectivity index (χ0n) is 9.34. The van der Waals surface area contributed by atoms with Crippen molar-refractivity contribution in [2.75, 3.05) is 0 Å². The number of aromatic amines is 1. The van der Waals surface area contributed by atoms with E-state index in [0.717, 1.165) is 27.2 Å². The highest BCUT2D eigenvalue weighted by atomic mass is 79.9. The molecular formula is C13H9BrN4. The summed E-state index contributed by atoms with van der Waals surface area (Å²) in [6.07, 6.45) is 3.53. The molecule has 0 unspecified atom stereocenters. The lowest BCUT2D eigenvalue weighted by molar-refractivity contribution is 1.08. The SMILES string of the molecule is Brc1cccc(-c2[nH]ncc2-c2ccccn2)n1. The minimum absolute atomic E-state index is 0.793. The third-order valence-corrected chi connectivity index (χ3v) is 2.99. The van der Waals surface area contributed by atoms with Crippen LogP contribution in [0, 0.1) is 0 Å². The molecule has 0 amide bonds. The van der Waals surface area contributed by atoms with Gasteiger partial charge in [-0.2, -0.15) is 5.10 Å². The van der Waals surface area contributed by atoms with Crippen LogP contribution >= 0.6 is 15.9 Å². The Bertz CT molecular complexity index is 664. The summed E-state index contributed by atoms with van der Waals surface area (Å²) in [5.41, 5.74) is 3.53. The molecule has 3 heterocycles. The van der Waals surface area contributed by atoms with Gasteiger partial charge in [0.15, 0.2) is 0 Å². The standard InChI is InChI=1S/C13H9BrN4/c14-12-6-3-5-11(17-12)13-9(8-16-18-13)10-4-1-2-7-15-10/h1-8H,(H,16,18). The normalized spacial score (nSPS) is 10.5. The first kappa shape index (κ1) is 11.1. The lowest BCUT2D eigenvalue weighted by Gasteiger charge is -2.02. The van der Waals surface area contributed by atoms with Gasteiger partial charge in [-0.1, -0.05) is 12.1 Å². The maximum Gasteiger partial charge on any atom is 0.106 e. The quantitative estimate of drug-likeness (QED) is 0.739. The van der Waals surface area contributed by atoms with E-state index >= 15 is 0 Å². The first-order valence-corrected chi connectivity index (χ1v) is 6.21. The van der Waals surface area contributed by atoms with Crippen molar-refractivity contribution in [1.29, 1.82) is 0 Å². The maximum atomic E-state index is 4.42. The number of aromatic nitrogens is 4. The molecule has 0 aliphatic carbocycles. The number of hydrogen-bond acceptors (Lipinski definition) is 3. The fraction of sp³-hybridized carbons (Fsp3) is 0. The molecule has 0 saturated heterocycles. The molecule has 18 heavy (non-hydrogen) atoms. The van der Waals surface area contributed by atoms with Crippen LogP contribution in [0.1, 0.15) is 0 Å². The summed E-state index contributed by atoms with van der Waals surface area (Å²) in [6.45, 7) is 0. The molecule has 0 saturated carbocycles. The maximum absolute atomic E-state index is 4.42.